The molecule has 4 aromatic carbocycles. The molecule has 0 N–H and O–H groups in total. The van der Waals surface area contributed by atoms with Gasteiger partial charge < -0.3 is 47.2 Å². The van der Waals surface area contributed by atoms with E-state index in [2.05, 4.69) is 19.4 Å². The van der Waals surface area contributed by atoms with Gasteiger partial charge in [-0.05, 0) is 79.6 Å². The topological polar surface area (TPSA) is 141 Å². The maximum absolute atomic E-state index is 15.0. The second-order valence-electron chi connectivity index (χ2n) is 17.1. The van der Waals surface area contributed by atoms with Crippen LogP contribution in [0.15, 0.2) is 72.8 Å². The van der Waals surface area contributed by atoms with Gasteiger partial charge in [0.1, 0.15) is 17.5 Å². The number of para-hydroxylation sites is 1. The van der Waals surface area contributed by atoms with Crippen LogP contribution in [0, 0.1) is 5.82 Å². The van der Waals surface area contributed by atoms with Gasteiger partial charge in [0.15, 0.2) is 11.5 Å². The third-order valence-electron chi connectivity index (χ3n) is 13.1. The van der Waals surface area contributed by atoms with Gasteiger partial charge in [-0.15, -0.1) is 11.6 Å². The zero-order valence-corrected chi connectivity index (χ0v) is 38.2. The van der Waals surface area contributed by atoms with E-state index >= 15 is 0 Å². The molecule has 346 valence electrons. The number of hydrogen-bond acceptors (Lipinski definition) is 13. The largest absolute Gasteiger partial charge is 0.465 e. The standard InChI is InChI=1S/C34H34ClFN4O6.C14H15ClN2O3/c1-34(23-8-7-21(35)15-24(23)36)45-30-5-3-4-26(32(30)46-34)39-12-11-38(28-18-43-19-29(28)39)17-31-37-25-9-6-20(33(41)42-2)14-27(25)40(31)16-22-10-13-44-22;1-19-14(18)9-2-3-11-12(6-9)17(13(7-15)16-11)8-10-4-5-20-10/h3-9,14-15,22,28-29H,10-13,16-19H2,1-2H3;2-3,6,10H,4-5,7-8H2,1H3/t22-,28+,29-,34?;10-/m00/s1. The van der Waals surface area contributed by atoms with Crippen LogP contribution in [-0.4, -0.2) is 114 Å². The first-order valence-corrected chi connectivity index (χ1v) is 22.9. The van der Waals surface area contributed by atoms with Crippen LogP contribution in [0.5, 0.6) is 11.5 Å². The van der Waals surface area contributed by atoms with Crippen LogP contribution in [0.25, 0.3) is 22.1 Å². The number of alkyl halides is 1. The van der Waals surface area contributed by atoms with Gasteiger partial charge in [-0.3, -0.25) is 4.90 Å². The predicted octanol–water partition coefficient (Wildman–Crippen LogP) is 7.49. The van der Waals surface area contributed by atoms with Crippen LogP contribution in [0.2, 0.25) is 5.02 Å². The third kappa shape index (κ3) is 8.32. The van der Waals surface area contributed by atoms with E-state index < -0.39 is 11.6 Å². The van der Waals surface area contributed by atoms with Gasteiger partial charge in [0, 0.05) is 38.2 Å². The number of halogens is 3. The Balaban J connectivity index is 0.000000213. The Morgan fingerprint density at radius 1 is 0.803 bits per heavy atom. The number of benzene rings is 4. The van der Waals surface area contributed by atoms with Crippen molar-refractivity contribution in [3.05, 3.63) is 112 Å². The number of aromatic nitrogens is 4. The van der Waals surface area contributed by atoms with Crippen molar-refractivity contribution < 1.29 is 47.1 Å². The molecule has 0 amide bonds. The molecule has 4 fully saturated rings. The highest BCUT2D eigenvalue weighted by atomic mass is 35.5. The molecule has 4 saturated heterocycles. The summed E-state index contributed by atoms with van der Waals surface area (Å²) in [4.78, 5) is 38.2. The van der Waals surface area contributed by atoms with Crippen molar-refractivity contribution in [1.82, 2.24) is 24.0 Å². The highest BCUT2D eigenvalue weighted by molar-refractivity contribution is 6.30. The Morgan fingerprint density at radius 2 is 1.42 bits per heavy atom. The molecule has 18 heteroatoms. The molecule has 7 heterocycles. The molecule has 0 aliphatic carbocycles. The number of rotatable bonds is 11. The molecular weight excluding hydrogens is 894 g/mol. The van der Waals surface area contributed by atoms with Crippen molar-refractivity contribution in [3.8, 4) is 11.5 Å². The van der Waals surface area contributed by atoms with Crippen molar-refractivity contribution in [1.29, 1.82) is 0 Å². The summed E-state index contributed by atoms with van der Waals surface area (Å²) in [6.07, 6.45) is 2.35. The zero-order valence-electron chi connectivity index (χ0n) is 36.7. The summed E-state index contributed by atoms with van der Waals surface area (Å²) >= 11 is 12.0. The monoisotopic (exact) mass is 942 g/mol. The second-order valence-corrected chi connectivity index (χ2v) is 17.8. The number of piperazine rings is 1. The number of hydrogen-bond donors (Lipinski definition) is 0. The maximum Gasteiger partial charge on any atom is 0.337 e. The third-order valence-corrected chi connectivity index (χ3v) is 13.6. The van der Waals surface area contributed by atoms with E-state index in [1.807, 2.05) is 41.0 Å². The van der Waals surface area contributed by atoms with Gasteiger partial charge in [-0.1, -0.05) is 17.7 Å². The lowest BCUT2D eigenvalue weighted by atomic mass is 10.0. The summed E-state index contributed by atoms with van der Waals surface area (Å²) in [6, 6.07) is 21.3. The molecule has 5 aliphatic rings. The highest BCUT2D eigenvalue weighted by Gasteiger charge is 2.46. The molecule has 15 nitrogen and oxygen atoms in total. The maximum atomic E-state index is 15.0. The van der Waals surface area contributed by atoms with Gasteiger partial charge in [0.05, 0.1) is 122 Å². The lowest BCUT2D eigenvalue weighted by Crippen LogP contribution is -2.59. The van der Waals surface area contributed by atoms with Crippen LogP contribution < -0.4 is 14.4 Å². The molecule has 11 rings (SSSR count). The highest BCUT2D eigenvalue weighted by Crippen LogP contribution is 2.51. The number of nitrogens with zero attached hydrogens (tertiary/aromatic N) is 6. The molecule has 5 atom stereocenters. The van der Waals surface area contributed by atoms with Crippen molar-refractivity contribution in [2.45, 2.75) is 75.4 Å². The fraction of sp³-hybridized carbons (Fsp3) is 0.417. The summed E-state index contributed by atoms with van der Waals surface area (Å²) in [5.74, 6) is 0.632. The van der Waals surface area contributed by atoms with Crippen LogP contribution in [0.3, 0.4) is 0 Å². The number of methoxy groups -OCH3 is 2. The van der Waals surface area contributed by atoms with Crippen molar-refractivity contribution in [2.75, 3.05) is 58.6 Å². The molecule has 66 heavy (non-hydrogen) atoms. The molecule has 0 spiro atoms. The van der Waals surface area contributed by atoms with Gasteiger partial charge >= 0.3 is 11.9 Å². The molecule has 0 bridgehead atoms. The summed E-state index contributed by atoms with van der Waals surface area (Å²) in [6.45, 7) is 7.90. The van der Waals surface area contributed by atoms with Crippen LogP contribution >= 0.6 is 23.2 Å². The minimum absolute atomic E-state index is 0.0571. The quantitative estimate of drug-likeness (QED) is 0.0937. The Morgan fingerprint density at radius 3 is 2.02 bits per heavy atom. The van der Waals surface area contributed by atoms with Crippen LogP contribution in [-0.2, 0) is 55.0 Å². The first-order valence-electron chi connectivity index (χ1n) is 22.0. The van der Waals surface area contributed by atoms with Gasteiger partial charge in [-0.25, -0.2) is 23.9 Å². The van der Waals surface area contributed by atoms with Gasteiger partial charge in [0.25, 0.3) is 5.79 Å². The van der Waals surface area contributed by atoms with E-state index in [0.717, 1.165) is 78.5 Å². The molecule has 0 radical (unpaired) electrons. The molecule has 5 aliphatic heterocycles. The first-order chi connectivity index (χ1) is 32.0. The Bertz CT molecular complexity index is 2810. The average molecular weight is 944 g/mol. The Hall–Kier alpha value is -5.49. The number of esters is 2. The number of ether oxygens (including phenoxy) is 7. The van der Waals surface area contributed by atoms with E-state index in [4.69, 9.17) is 61.3 Å². The van der Waals surface area contributed by atoms with E-state index in [0.29, 0.717) is 66.4 Å². The molecule has 2 aromatic heterocycles. The Kier molecular flexibility index (Phi) is 12.3. The predicted molar refractivity (Wildman–Crippen MR) is 243 cm³/mol. The van der Waals surface area contributed by atoms with E-state index in [-0.39, 0.29) is 41.8 Å². The fourth-order valence-electron chi connectivity index (χ4n) is 9.46. The average Bonchev–Trinajstić information content (AvgIpc) is 4.08. The van der Waals surface area contributed by atoms with E-state index in [1.54, 1.807) is 37.3 Å². The smallest absolute Gasteiger partial charge is 0.337 e. The van der Waals surface area contributed by atoms with Gasteiger partial charge in [0.2, 0.25) is 0 Å². The zero-order chi connectivity index (χ0) is 45.7. The summed E-state index contributed by atoms with van der Waals surface area (Å²) in [5.41, 5.74) is 5.61. The van der Waals surface area contributed by atoms with Crippen LogP contribution in [0.1, 0.15) is 57.7 Å². The number of imidazole rings is 2. The number of carbonyl (C=O) groups excluding carboxylic acids is 2. The summed E-state index contributed by atoms with van der Waals surface area (Å²) < 4.78 is 58.9. The van der Waals surface area contributed by atoms with E-state index in [1.165, 1.54) is 20.3 Å². The normalized spacial score (nSPS) is 23.2. The molecule has 6 aromatic rings. The van der Waals surface area contributed by atoms with Crippen molar-refractivity contribution in [2.24, 2.45) is 0 Å². The van der Waals surface area contributed by atoms with Gasteiger partial charge in [-0.2, -0.15) is 0 Å². The number of carbonyl (C=O) groups is 2. The SMILES string of the molecule is COC(=O)c1ccc2nc(CCl)n(C[C@@H]3CCO3)c2c1.COC(=O)c1ccc2nc(CN3CCN(c4cccc5c4OC(C)(c4ccc(Cl)cc4F)O5)[C@H]4COC[C@H]43)n(C[C@@H]3CCO3)c2c1. The lowest BCUT2D eigenvalue weighted by molar-refractivity contribution is -0.0706. The minimum Gasteiger partial charge on any atom is -0.465 e. The minimum atomic E-state index is -1.34. The van der Waals surface area contributed by atoms with Crippen LogP contribution in [0.4, 0.5) is 10.1 Å². The first kappa shape index (κ1) is 44.4. The fourth-order valence-corrected chi connectivity index (χ4v) is 9.82. The Labute approximate surface area is 390 Å². The van der Waals surface area contributed by atoms with Crippen molar-refractivity contribution in [3.63, 3.8) is 0 Å². The second kappa shape index (κ2) is 18.3. The molecular formula is C48H49Cl2FN6O9. The lowest BCUT2D eigenvalue weighted by Gasteiger charge is -2.44. The molecule has 1 unspecified atom stereocenters. The summed E-state index contributed by atoms with van der Waals surface area (Å²) in [5, 5.41) is 0.309. The summed E-state index contributed by atoms with van der Waals surface area (Å²) in [7, 11) is 2.76. The van der Waals surface area contributed by atoms with Crippen molar-refractivity contribution >= 4 is 62.9 Å². The van der Waals surface area contributed by atoms with E-state index in [9.17, 15) is 14.0 Å². The molecule has 0 saturated carbocycles. The number of anilines is 1. The number of fused-ring (bicyclic) bond motifs is 4.